The fraction of sp³-hybridized carbons (Fsp3) is 0.333. The standard InChI is InChI=1S/C3H7O2P/c1-3-6(4)5-2/h3-4H,1H2,2H3. The smallest absolute Gasteiger partial charge is 0.193 e. The summed E-state index contributed by atoms with van der Waals surface area (Å²) in [6, 6.07) is 0. The average molecular weight is 106 g/mol. The van der Waals surface area contributed by atoms with Crippen LogP contribution in [0.5, 0.6) is 0 Å². The van der Waals surface area contributed by atoms with Crippen molar-refractivity contribution in [3.8, 4) is 0 Å². The van der Waals surface area contributed by atoms with Gasteiger partial charge in [-0.3, -0.25) is 0 Å². The van der Waals surface area contributed by atoms with Crippen LogP contribution < -0.4 is 0 Å². The Balaban J connectivity index is 2.96. The molecule has 0 spiro atoms. The molecule has 0 saturated heterocycles. The van der Waals surface area contributed by atoms with Crippen LogP contribution in [0, 0.1) is 0 Å². The monoisotopic (exact) mass is 106 g/mol. The minimum atomic E-state index is -1.31. The molecule has 2 nitrogen and oxygen atoms in total. The Bertz CT molecular complexity index is 46.1. The third-order valence-electron chi connectivity index (χ3n) is 0.343. The van der Waals surface area contributed by atoms with E-state index in [1.807, 2.05) is 0 Å². The van der Waals surface area contributed by atoms with Crippen LogP contribution in [-0.2, 0) is 4.52 Å². The Morgan fingerprint density at radius 2 is 2.50 bits per heavy atom. The van der Waals surface area contributed by atoms with Gasteiger partial charge >= 0.3 is 0 Å². The molecule has 0 saturated carbocycles. The first-order valence-electron chi connectivity index (χ1n) is 1.46. The van der Waals surface area contributed by atoms with Gasteiger partial charge in [0, 0.05) is 7.11 Å². The third-order valence-corrected chi connectivity index (χ3v) is 1.03. The second kappa shape index (κ2) is 3.29. The predicted octanol–water partition coefficient (Wildman–Crippen LogP) is 1.08. The molecule has 1 unspecified atom stereocenters. The van der Waals surface area contributed by atoms with Crippen molar-refractivity contribution in [3.63, 3.8) is 0 Å². The normalized spacial score (nSPS) is 13.7. The van der Waals surface area contributed by atoms with Crippen LogP contribution >= 0.6 is 8.38 Å². The van der Waals surface area contributed by atoms with E-state index in [2.05, 4.69) is 11.1 Å². The van der Waals surface area contributed by atoms with E-state index < -0.39 is 8.38 Å². The molecular weight excluding hydrogens is 99.0 g/mol. The highest BCUT2D eigenvalue weighted by molar-refractivity contribution is 7.49. The van der Waals surface area contributed by atoms with Gasteiger partial charge in [0.1, 0.15) is 0 Å². The predicted molar refractivity (Wildman–Crippen MR) is 26.3 cm³/mol. The summed E-state index contributed by atoms with van der Waals surface area (Å²) >= 11 is 0. The molecule has 0 aliphatic rings. The minimum absolute atomic E-state index is 1.31. The lowest BCUT2D eigenvalue weighted by Crippen LogP contribution is -1.65. The third kappa shape index (κ3) is 2.33. The van der Waals surface area contributed by atoms with Crippen LogP contribution in [0.3, 0.4) is 0 Å². The highest BCUT2D eigenvalue weighted by atomic mass is 31.2. The van der Waals surface area contributed by atoms with Crippen molar-refractivity contribution in [2.45, 2.75) is 0 Å². The minimum Gasteiger partial charge on any atom is -0.347 e. The molecule has 0 amide bonds. The van der Waals surface area contributed by atoms with Crippen molar-refractivity contribution >= 4 is 8.38 Å². The van der Waals surface area contributed by atoms with Gasteiger partial charge in [0.15, 0.2) is 8.38 Å². The van der Waals surface area contributed by atoms with Gasteiger partial charge in [0.2, 0.25) is 0 Å². The molecule has 0 aliphatic carbocycles. The molecule has 0 aromatic rings. The van der Waals surface area contributed by atoms with Gasteiger partial charge in [-0.1, -0.05) is 6.58 Å². The second-order valence-electron chi connectivity index (χ2n) is 0.668. The maximum Gasteiger partial charge on any atom is 0.193 e. The van der Waals surface area contributed by atoms with Crippen LogP contribution in [0.15, 0.2) is 12.4 Å². The second-order valence-corrected chi connectivity index (χ2v) is 2.00. The van der Waals surface area contributed by atoms with E-state index in [-0.39, 0.29) is 0 Å². The molecule has 1 atom stereocenters. The fourth-order valence-electron chi connectivity index (χ4n) is 0.0745. The first-order chi connectivity index (χ1) is 2.81. The molecule has 0 heterocycles. The molecule has 0 aromatic carbocycles. The van der Waals surface area contributed by atoms with Crippen LogP contribution in [0.1, 0.15) is 0 Å². The first kappa shape index (κ1) is 6.09. The summed E-state index contributed by atoms with van der Waals surface area (Å²) in [6.07, 6.45) is 0. The summed E-state index contributed by atoms with van der Waals surface area (Å²) < 4.78 is 4.40. The van der Waals surface area contributed by atoms with Crippen molar-refractivity contribution in [3.05, 3.63) is 12.4 Å². The van der Waals surface area contributed by atoms with Crippen LogP contribution in [0.4, 0.5) is 0 Å². The largest absolute Gasteiger partial charge is 0.347 e. The Labute approximate surface area is 38.4 Å². The Morgan fingerprint density at radius 1 is 2.00 bits per heavy atom. The SMILES string of the molecule is C=CP(O)OC. The van der Waals surface area contributed by atoms with Crippen LogP contribution in [0.25, 0.3) is 0 Å². The van der Waals surface area contributed by atoms with E-state index >= 15 is 0 Å². The van der Waals surface area contributed by atoms with Gasteiger partial charge < -0.3 is 9.42 Å². The van der Waals surface area contributed by atoms with Gasteiger partial charge in [-0.25, -0.2) is 0 Å². The molecule has 1 N–H and O–H groups in total. The van der Waals surface area contributed by atoms with Crippen molar-refractivity contribution in [2.75, 3.05) is 7.11 Å². The summed E-state index contributed by atoms with van der Waals surface area (Å²) in [5.74, 6) is 1.37. The van der Waals surface area contributed by atoms with Crippen molar-refractivity contribution in [2.24, 2.45) is 0 Å². The molecule has 0 aromatic heterocycles. The zero-order valence-corrected chi connectivity index (χ0v) is 4.48. The van der Waals surface area contributed by atoms with E-state index in [0.29, 0.717) is 0 Å². The first-order valence-corrected chi connectivity index (χ1v) is 2.74. The van der Waals surface area contributed by atoms with Gasteiger partial charge in [-0.2, -0.15) is 0 Å². The maximum atomic E-state index is 8.39. The molecule has 0 radical (unpaired) electrons. The lowest BCUT2D eigenvalue weighted by molar-refractivity contribution is 0.400. The highest BCUT2D eigenvalue weighted by Gasteiger charge is 1.87. The Morgan fingerprint density at radius 3 is 2.50 bits per heavy atom. The topological polar surface area (TPSA) is 29.5 Å². The quantitative estimate of drug-likeness (QED) is 0.533. The summed E-state index contributed by atoms with van der Waals surface area (Å²) in [4.78, 5) is 8.39. The summed E-state index contributed by atoms with van der Waals surface area (Å²) in [7, 11) is 0.126. The van der Waals surface area contributed by atoms with E-state index in [4.69, 9.17) is 4.89 Å². The molecule has 0 aliphatic heterocycles. The molecule has 36 valence electrons. The molecule has 0 bridgehead atoms. The lowest BCUT2D eigenvalue weighted by atomic mass is 11.3. The van der Waals surface area contributed by atoms with E-state index in [0.717, 1.165) is 0 Å². The van der Waals surface area contributed by atoms with Crippen molar-refractivity contribution in [1.82, 2.24) is 0 Å². The van der Waals surface area contributed by atoms with Gasteiger partial charge in [-0.15, -0.1) is 0 Å². The van der Waals surface area contributed by atoms with Gasteiger partial charge in [0.05, 0.1) is 0 Å². The molecule has 6 heavy (non-hydrogen) atoms. The lowest BCUT2D eigenvalue weighted by Gasteiger charge is -1.94. The molecule has 3 heteroatoms. The number of hydrogen-bond donors (Lipinski definition) is 1. The summed E-state index contributed by atoms with van der Waals surface area (Å²) in [5.41, 5.74) is 0. The zero-order chi connectivity index (χ0) is 4.99. The van der Waals surface area contributed by atoms with E-state index in [1.54, 1.807) is 0 Å². The number of rotatable bonds is 2. The van der Waals surface area contributed by atoms with Gasteiger partial charge in [0.25, 0.3) is 0 Å². The summed E-state index contributed by atoms with van der Waals surface area (Å²) in [5, 5.41) is 0. The van der Waals surface area contributed by atoms with Crippen molar-refractivity contribution < 1.29 is 9.42 Å². The highest BCUT2D eigenvalue weighted by Crippen LogP contribution is 2.29. The van der Waals surface area contributed by atoms with E-state index in [9.17, 15) is 0 Å². The Kier molecular flexibility index (Phi) is 3.34. The van der Waals surface area contributed by atoms with Crippen LogP contribution in [0.2, 0.25) is 0 Å². The van der Waals surface area contributed by atoms with Gasteiger partial charge in [-0.05, 0) is 5.82 Å². The van der Waals surface area contributed by atoms with Crippen LogP contribution in [-0.4, -0.2) is 12.0 Å². The molecular formula is C3H7O2P. The Hall–Kier alpha value is 0.0900. The molecule has 0 fully saturated rings. The van der Waals surface area contributed by atoms with Crippen molar-refractivity contribution in [1.29, 1.82) is 0 Å². The zero-order valence-electron chi connectivity index (χ0n) is 3.59. The average Bonchev–Trinajstić information content (AvgIpc) is 1.65. The summed E-state index contributed by atoms with van der Waals surface area (Å²) in [6.45, 7) is 3.29. The molecule has 0 rings (SSSR count). The maximum absolute atomic E-state index is 8.39. The fourth-order valence-corrected chi connectivity index (χ4v) is 0.224. The van der Waals surface area contributed by atoms with E-state index in [1.165, 1.54) is 12.9 Å². The number of hydrogen-bond acceptors (Lipinski definition) is 2.